The summed E-state index contributed by atoms with van der Waals surface area (Å²) in [7, 11) is 0. The monoisotopic (exact) mass is 124 g/mol. The minimum absolute atomic E-state index is 0.0729. The molecule has 0 aromatic heterocycles. The molecule has 3 nitrogen and oxygen atoms in total. The molecule has 3 heteroatoms. The van der Waals surface area contributed by atoms with Gasteiger partial charge in [-0.15, -0.1) is 0 Å². The Morgan fingerprint density at radius 1 is 1.89 bits per heavy atom. The highest BCUT2D eigenvalue weighted by molar-refractivity contribution is 5.87. The van der Waals surface area contributed by atoms with Gasteiger partial charge in [-0.2, -0.15) is 0 Å². The largest absolute Gasteiger partial charge is 0.372 e. The number of rotatable bonds is 1. The van der Waals surface area contributed by atoms with Crippen LogP contribution >= 0.6 is 0 Å². The van der Waals surface area contributed by atoms with Crippen molar-refractivity contribution in [2.24, 2.45) is 0 Å². The van der Waals surface area contributed by atoms with Crippen LogP contribution in [0.2, 0.25) is 0 Å². The standard InChI is InChI=1S/C6H8N2O/c1-2-6(9)8-4-3-7-5-8/h2-4,7H,1,5H2. The molecule has 9 heavy (non-hydrogen) atoms. The fourth-order valence-electron chi connectivity index (χ4n) is 0.615. The van der Waals surface area contributed by atoms with Gasteiger partial charge in [-0.05, 0) is 6.08 Å². The summed E-state index contributed by atoms with van der Waals surface area (Å²) in [4.78, 5) is 12.3. The number of nitrogens with zero attached hydrogens (tertiary/aromatic N) is 1. The van der Waals surface area contributed by atoms with Crippen LogP contribution in [-0.4, -0.2) is 17.5 Å². The van der Waals surface area contributed by atoms with E-state index in [9.17, 15) is 4.79 Å². The van der Waals surface area contributed by atoms with Crippen LogP contribution in [0.1, 0.15) is 0 Å². The summed E-state index contributed by atoms with van der Waals surface area (Å²) >= 11 is 0. The number of amides is 1. The summed E-state index contributed by atoms with van der Waals surface area (Å²) in [6, 6.07) is 0. The van der Waals surface area contributed by atoms with E-state index >= 15 is 0 Å². The SMILES string of the molecule is C=CC(=O)N1C=CNC1. The van der Waals surface area contributed by atoms with Gasteiger partial charge in [0.05, 0.1) is 6.67 Å². The zero-order valence-electron chi connectivity index (χ0n) is 5.00. The Balaban J connectivity index is 2.52. The molecule has 1 rings (SSSR count). The van der Waals surface area contributed by atoms with Crippen molar-refractivity contribution >= 4 is 5.91 Å². The fraction of sp³-hybridized carbons (Fsp3) is 0.167. The maximum Gasteiger partial charge on any atom is 0.251 e. The summed E-state index contributed by atoms with van der Waals surface area (Å²) < 4.78 is 0. The molecule has 1 aliphatic rings. The van der Waals surface area contributed by atoms with Crippen LogP contribution in [0.3, 0.4) is 0 Å². The molecular formula is C6H8N2O. The summed E-state index contributed by atoms with van der Waals surface area (Å²) in [6.07, 6.45) is 4.70. The summed E-state index contributed by atoms with van der Waals surface area (Å²) in [6.45, 7) is 3.91. The van der Waals surface area contributed by atoms with E-state index in [2.05, 4.69) is 11.9 Å². The predicted octanol–water partition coefficient (Wildman–Crippen LogP) is 0.0329. The Morgan fingerprint density at radius 3 is 3.11 bits per heavy atom. The highest BCUT2D eigenvalue weighted by Gasteiger charge is 2.07. The molecule has 1 amide bonds. The third-order valence-electron chi connectivity index (χ3n) is 1.09. The van der Waals surface area contributed by atoms with E-state index in [-0.39, 0.29) is 5.91 Å². The second-order valence-electron chi connectivity index (χ2n) is 1.69. The highest BCUT2D eigenvalue weighted by atomic mass is 16.2. The van der Waals surface area contributed by atoms with Crippen LogP contribution < -0.4 is 5.32 Å². The molecule has 0 radical (unpaired) electrons. The van der Waals surface area contributed by atoms with Crippen LogP contribution in [0.5, 0.6) is 0 Å². The van der Waals surface area contributed by atoms with Crippen molar-refractivity contribution in [1.82, 2.24) is 10.2 Å². The van der Waals surface area contributed by atoms with Crippen molar-refractivity contribution in [2.75, 3.05) is 6.67 Å². The van der Waals surface area contributed by atoms with Gasteiger partial charge in [0, 0.05) is 12.4 Å². The molecule has 0 fully saturated rings. The lowest BCUT2D eigenvalue weighted by atomic mass is 10.5. The van der Waals surface area contributed by atoms with Crippen molar-refractivity contribution in [3.8, 4) is 0 Å². The Morgan fingerprint density at radius 2 is 2.67 bits per heavy atom. The van der Waals surface area contributed by atoms with E-state index in [0.29, 0.717) is 6.67 Å². The van der Waals surface area contributed by atoms with E-state index in [1.807, 2.05) is 0 Å². The molecule has 1 aliphatic heterocycles. The van der Waals surface area contributed by atoms with Gasteiger partial charge in [-0.3, -0.25) is 9.69 Å². The molecule has 1 N–H and O–H groups in total. The van der Waals surface area contributed by atoms with E-state index in [0.717, 1.165) is 0 Å². The van der Waals surface area contributed by atoms with Crippen LogP contribution in [0.4, 0.5) is 0 Å². The van der Waals surface area contributed by atoms with Crippen molar-refractivity contribution in [1.29, 1.82) is 0 Å². The molecule has 0 aliphatic carbocycles. The summed E-state index contributed by atoms with van der Waals surface area (Å²) in [5.74, 6) is -0.0729. The first kappa shape index (κ1) is 5.88. The zero-order chi connectivity index (χ0) is 6.69. The number of carbonyl (C=O) groups is 1. The van der Waals surface area contributed by atoms with Gasteiger partial charge in [0.15, 0.2) is 0 Å². The smallest absolute Gasteiger partial charge is 0.251 e. The lowest BCUT2D eigenvalue weighted by Crippen LogP contribution is -2.25. The minimum Gasteiger partial charge on any atom is -0.372 e. The first-order chi connectivity index (χ1) is 4.34. The average Bonchev–Trinajstić information content (AvgIpc) is 2.37. The normalized spacial score (nSPS) is 15.3. The van der Waals surface area contributed by atoms with E-state index in [4.69, 9.17) is 0 Å². The first-order valence-electron chi connectivity index (χ1n) is 2.67. The number of hydrogen-bond donors (Lipinski definition) is 1. The van der Waals surface area contributed by atoms with Crippen molar-refractivity contribution in [3.05, 3.63) is 25.1 Å². The maximum absolute atomic E-state index is 10.7. The molecule has 1 heterocycles. The molecule has 0 atom stereocenters. The molecular weight excluding hydrogens is 116 g/mol. The third kappa shape index (κ3) is 1.10. The quantitative estimate of drug-likeness (QED) is 0.500. The number of nitrogens with one attached hydrogen (secondary N) is 1. The highest BCUT2D eigenvalue weighted by Crippen LogP contribution is 1.94. The van der Waals surface area contributed by atoms with Crippen LogP contribution in [0.25, 0.3) is 0 Å². The van der Waals surface area contributed by atoms with Gasteiger partial charge in [0.1, 0.15) is 0 Å². The van der Waals surface area contributed by atoms with Crippen LogP contribution in [0.15, 0.2) is 25.1 Å². The van der Waals surface area contributed by atoms with Gasteiger partial charge in [0.2, 0.25) is 0 Å². The number of hydrogen-bond acceptors (Lipinski definition) is 2. The molecule has 0 spiro atoms. The van der Waals surface area contributed by atoms with Gasteiger partial charge in [-0.25, -0.2) is 0 Å². The number of carbonyl (C=O) groups excluding carboxylic acids is 1. The Kier molecular flexibility index (Phi) is 1.53. The molecule has 48 valence electrons. The van der Waals surface area contributed by atoms with Crippen LogP contribution in [0, 0.1) is 0 Å². The second kappa shape index (κ2) is 2.35. The first-order valence-corrected chi connectivity index (χ1v) is 2.67. The van der Waals surface area contributed by atoms with Gasteiger partial charge < -0.3 is 5.32 Å². The molecule has 0 unspecified atom stereocenters. The van der Waals surface area contributed by atoms with E-state index in [1.54, 1.807) is 12.4 Å². The molecule has 0 aromatic carbocycles. The second-order valence-corrected chi connectivity index (χ2v) is 1.69. The average molecular weight is 124 g/mol. The lowest BCUT2D eigenvalue weighted by molar-refractivity contribution is -0.123. The van der Waals surface area contributed by atoms with E-state index in [1.165, 1.54) is 11.0 Å². The summed E-state index contributed by atoms with van der Waals surface area (Å²) in [5.41, 5.74) is 0. The molecule has 0 bridgehead atoms. The minimum atomic E-state index is -0.0729. The zero-order valence-corrected chi connectivity index (χ0v) is 5.00. The van der Waals surface area contributed by atoms with Crippen molar-refractivity contribution in [2.45, 2.75) is 0 Å². The predicted molar refractivity (Wildman–Crippen MR) is 34.2 cm³/mol. The maximum atomic E-state index is 10.7. The third-order valence-corrected chi connectivity index (χ3v) is 1.09. The van der Waals surface area contributed by atoms with E-state index < -0.39 is 0 Å². The Bertz CT molecular complexity index is 162. The molecule has 0 aromatic rings. The van der Waals surface area contributed by atoms with Crippen LogP contribution in [-0.2, 0) is 4.79 Å². The van der Waals surface area contributed by atoms with Gasteiger partial charge in [0.25, 0.3) is 5.91 Å². The van der Waals surface area contributed by atoms with Gasteiger partial charge >= 0.3 is 0 Å². The molecule has 0 saturated carbocycles. The topological polar surface area (TPSA) is 32.3 Å². The van der Waals surface area contributed by atoms with Crippen molar-refractivity contribution < 1.29 is 4.79 Å². The lowest BCUT2D eigenvalue weighted by Gasteiger charge is -2.07. The Hall–Kier alpha value is -1.25. The molecule has 0 saturated heterocycles. The Labute approximate surface area is 53.7 Å². The summed E-state index contributed by atoms with van der Waals surface area (Å²) in [5, 5.41) is 2.86. The van der Waals surface area contributed by atoms with Gasteiger partial charge in [-0.1, -0.05) is 6.58 Å². The van der Waals surface area contributed by atoms with Crippen molar-refractivity contribution in [3.63, 3.8) is 0 Å². The fourth-order valence-corrected chi connectivity index (χ4v) is 0.615.